The molecule has 1 aromatic carbocycles. The third-order valence-electron chi connectivity index (χ3n) is 6.40. The van der Waals surface area contributed by atoms with Crippen LogP contribution in [0.4, 0.5) is 0 Å². The Kier molecular flexibility index (Phi) is 6.72. The molecule has 3 aromatic rings. The largest absolute Gasteiger partial charge is 0.381 e. The van der Waals surface area contributed by atoms with E-state index in [9.17, 15) is 8.42 Å². The first-order valence-corrected chi connectivity index (χ1v) is 13.7. The van der Waals surface area contributed by atoms with Crippen LogP contribution in [-0.4, -0.2) is 70.9 Å². The highest BCUT2D eigenvalue weighted by atomic mass is 35.5. The Labute approximate surface area is 202 Å². The average molecular weight is 511 g/mol. The molecule has 0 aliphatic carbocycles. The van der Waals surface area contributed by atoms with E-state index < -0.39 is 10.2 Å². The zero-order valence-electron chi connectivity index (χ0n) is 18.2. The van der Waals surface area contributed by atoms with Crippen molar-refractivity contribution < 1.29 is 13.2 Å². The second-order valence-corrected chi connectivity index (χ2v) is 11.4. The first-order chi connectivity index (χ1) is 15.9. The average Bonchev–Trinajstić information content (AvgIpc) is 3.40. The van der Waals surface area contributed by atoms with Gasteiger partial charge in [-0.15, -0.1) is 0 Å². The summed E-state index contributed by atoms with van der Waals surface area (Å²) in [5, 5.41) is 7.93. The lowest BCUT2D eigenvalue weighted by molar-refractivity contribution is 0.0616. The number of rotatable bonds is 6. The van der Waals surface area contributed by atoms with Gasteiger partial charge in [0, 0.05) is 63.1 Å². The van der Waals surface area contributed by atoms with E-state index in [-0.39, 0.29) is 0 Å². The zero-order chi connectivity index (χ0) is 23.0. The summed E-state index contributed by atoms with van der Waals surface area (Å²) in [6.07, 6.45) is 4.23. The van der Waals surface area contributed by atoms with E-state index in [0.717, 1.165) is 59.1 Å². The molecule has 178 valence electrons. The molecular formula is C21H27ClN6O3S2. The van der Waals surface area contributed by atoms with E-state index in [0.29, 0.717) is 44.5 Å². The molecule has 33 heavy (non-hydrogen) atoms. The zero-order valence-corrected chi connectivity index (χ0v) is 20.6. The van der Waals surface area contributed by atoms with Gasteiger partial charge in [0.25, 0.3) is 10.2 Å². The minimum atomic E-state index is -3.63. The summed E-state index contributed by atoms with van der Waals surface area (Å²) in [5.41, 5.74) is 2.01. The number of ether oxygens (including phenoxy) is 1. The summed E-state index contributed by atoms with van der Waals surface area (Å²) in [5.74, 6) is 1.27. The van der Waals surface area contributed by atoms with Crippen molar-refractivity contribution in [3.05, 3.63) is 34.4 Å². The van der Waals surface area contributed by atoms with Gasteiger partial charge in [-0.2, -0.15) is 17.1 Å². The number of hydrogen-bond acceptors (Lipinski definition) is 7. The number of fused-ring (bicyclic) bond motifs is 1. The van der Waals surface area contributed by atoms with Gasteiger partial charge < -0.3 is 9.30 Å². The summed E-state index contributed by atoms with van der Waals surface area (Å²) in [6.45, 7) is 5.18. The van der Waals surface area contributed by atoms with Crippen LogP contribution in [0.1, 0.15) is 17.8 Å². The third-order valence-corrected chi connectivity index (χ3v) is 8.49. The summed E-state index contributed by atoms with van der Waals surface area (Å²) < 4.78 is 36.8. The topological polar surface area (TPSA) is 107 Å². The first kappa shape index (κ1) is 23.2. The maximum atomic E-state index is 11.5. The van der Waals surface area contributed by atoms with E-state index in [2.05, 4.69) is 26.1 Å². The van der Waals surface area contributed by atoms with Crippen LogP contribution in [0.15, 0.2) is 24.4 Å². The molecule has 4 heterocycles. The predicted molar refractivity (Wildman–Crippen MR) is 129 cm³/mol. The summed E-state index contributed by atoms with van der Waals surface area (Å²) in [4.78, 5) is 6.99. The molecule has 2 aromatic heterocycles. The molecule has 2 fully saturated rings. The Bertz CT molecular complexity index is 1230. The number of para-hydroxylation sites is 1. The molecule has 0 amide bonds. The van der Waals surface area contributed by atoms with Gasteiger partial charge in [0.05, 0.1) is 17.1 Å². The highest BCUT2D eigenvalue weighted by Gasteiger charge is 2.25. The van der Waals surface area contributed by atoms with Crippen LogP contribution in [0.3, 0.4) is 0 Å². The fourth-order valence-electron chi connectivity index (χ4n) is 4.61. The van der Waals surface area contributed by atoms with Crippen LogP contribution in [0, 0.1) is 5.92 Å². The van der Waals surface area contributed by atoms with Gasteiger partial charge >= 0.3 is 0 Å². The van der Waals surface area contributed by atoms with Crippen LogP contribution in [0.5, 0.6) is 0 Å². The summed E-state index contributed by atoms with van der Waals surface area (Å²) in [7, 11) is -3.63. The molecule has 0 saturated carbocycles. The van der Waals surface area contributed by atoms with E-state index in [1.807, 2.05) is 12.1 Å². The van der Waals surface area contributed by atoms with Crippen molar-refractivity contribution in [2.45, 2.75) is 25.9 Å². The SMILES string of the molecule is NS(=O)(=O)N1CCN(Cc2nc(-c3cn(CC4CCOCC4)c4c(Cl)cccc34)ns2)CC1. The Morgan fingerprint density at radius 3 is 2.67 bits per heavy atom. The highest BCUT2D eigenvalue weighted by Crippen LogP contribution is 2.35. The van der Waals surface area contributed by atoms with Gasteiger partial charge in [0.1, 0.15) is 5.01 Å². The lowest BCUT2D eigenvalue weighted by atomic mass is 10.0. The molecule has 0 bridgehead atoms. The molecule has 0 spiro atoms. The Morgan fingerprint density at radius 1 is 1.18 bits per heavy atom. The molecule has 2 saturated heterocycles. The van der Waals surface area contributed by atoms with Crippen molar-refractivity contribution in [3.8, 4) is 11.4 Å². The molecule has 9 nitrogen and oxygen atoms in total. The van der Waals surface area contributed by atoms with Gasteiger partial charge in [-0.25, -0.2) is 10.1 Å². The molecule has 5 rings (SSSR count). The van der Waals surface area contributed by atoms with Crippen molar-refractivity contribution in [3.63, 3.8) is 0 Å². The molecule has 2 aliphatic heterocycles. The maximum absolute atomic E-state index is 11.5. The molecule has 0 atom stereocenters. The standard InChI is InChI=1S/C21H27ClN6O3S2/c22-18-3-1-2-16-17(13-27(20(16)18)12-15-4-10-31-11-5-15)21-24-19(32-25-21)14-26-6-8-28(9-7-26)33(23,29)30/h1-3,13,15H,4-12,14H2,(H2,23,29,30). The predicted octanol–water partition coefficient (Wildman–Crippen LogP) is 2.56. The van der Waals surface area contributed by atoms with Crippen LogP contribution in [0.25, 0.3) is 22.3 Å². The van der Waals surface area contributed by atoms with Gasteiger partial charge in [-0.3, -0.25) is 4.90 Å². The highest BCUT2D eigenvalue weighted by molar-refractivity contribution is 7.86. The van der Waals surface area contributed by atoms with Crippen molar-refractivity contribution >= 4 is 44.2 Å². The molecule has 2 aliphatic rings. The van der Waals surface area contributed by atoms with Crippen LogP contribution < -0.4 is 5.14 Å². The lowest BCUT2D eigenvalue weighted by Gasteiger charge is -2.32. The molecule has 12 heteroatoms. The number of aromatic nitrogens is 3. The van der Waals surface area contributed by atoms with Gasteiger partial charge in [-0.05, 0) is 36.4 Å². The minimum Gasteiger partial charge on any atom is -0.381 e. The van der Waals surface area contributed by atoms with Gasteiger partial charge in [-0.1, -0.05) is 23.7 Å². The van der Waals surface area contributed by atoms with E-state index in [1.54, 1.807) is 0 Å². The van der Waals surface area contributed by atoms with Crippen molar-refractivity contribution in [1.29, 1.82) is 0 Å². The van der Waals surface area contributed by atoms with Gasteiger partial charge in [0.2, 0.25) is 0 Å². The Hall–Kier alpha value is -1.60. The Balaban J connectivity index is 1.35. The quantitative estimate of drug-likeness (QED) is 0.546. The minimum absolute atomic E-state index is 0.392. The summed E-state index contributed by atoms with van der Waals surface area (Å²) >= 11 is 8.00. The molecule has 2 N–H and O–H groups in total. The normalized spacial score (nSPS) is 19.5. The van der Waals surface area contributed by atoms with Crippen molar-refractivity contribution in [2.75, 3.05) is 39.4 Å². The van der Waals surface area contributed by atoms with Crippen LogP contribution >= 0.6 is 23.1 Å². The molecule has 0 unspecified atom stereocenters. The van der Waals surface area contributed by atoms with Crippen LogP contribution in [0.2, 0.25) is 5.02 Å². The second kappa shape index (κ2) is 9.57. The van der Waals surface area contributed by atoms with E-state index in [4.69, 9.17) is 26.5 Å². The van der Waals surface area contributed by atoms with Crippen molar-refractivity contribution in [2.24, 2.45) is 11.1 Å². The molecular weight excluding hydrogens is 484 g/mol. The monoisotopic (exact) mass is 510 g/mol. The number of benzene rings is 1. The van der Waals surface area contributed by atoms with Crippen molar-refractivity contribution in [1.82, 2.24) is 23.1 Å². The van der Waals surface area contributed by atoms with E-state index >= 15 is 0 Å². The fourth-order valence-corrected chi connectivity index (χ4v) is 6.26. The van der Waals surface area contributed by atoms with Gasteiger partial charge in [0.15, 0.2) is 5.82 Å². The van der Waals surface area contributed by atoms with Crippen LogP contribution in [-0.2, 0) is 28.0 Å². The van der Waals surface area contributed by atoms with E-state index in [1.165, 1.54) is 15.8 Å². The summed E-state index contributed by atoms with van der Waals surface area (Å²) in [6, 6.07) is 5.96. The number of hydrogen-bond donors (Lipinski definition) is 1. The third kappa shape index (κ3) is 5.09. The number of nitrogens with two attached hydrogens (primary N) is 1. The smallest absolute Gasteiger partial charge is 0.276 e. The number of piperazine rings is 1. The molecule has 0 radical (unpaired) electrons. The number of halogens is 1. The lowest BCUT2D eigenvalue weighted by Crippen LogP contribution is -2.50. The Morgan fingerprint density at radius 2 is 1.94 bits per heavy atom. The number of nitrogens with zero attached hydrogens (tertiary/aromatic N) is 5. The first-order valence-electron chi connectivity index (χ1n) is 11.1. The fraction of sp³-hybridized carbons (Fsp3) is 0.524. The maximum Gasteiger partial charge on any atom is 0.276 e. The second-order valence-electron chi connectivity index (χ2n) is 8.62.